The van der Waals surface area contributed by atoms with Gasteiger partial charge in [-0.05, 0) is 25.8 Å². The van der Waals surface area contributed by atoms with E-state index in [-0.39, 0.29) is 6.04 Å². The van der Waals surface area contributed by atoms with Gasteiger partial charge in [0.05, 0.1) is 5.69 Å². The fourth-order valence-corrected chi connectivity index (χ4v) is 2.19. The fourth-order valence-electron chi connectivity index (χ4n) is 2.19. The number of nitrogens with two attached hydrogens (primary N) is 1. The van der Waals surface area contributed by atoms with Crippen LogP contribution in [0.5, 0.6) is 0 Å². The number of rotatable bonds is 4. The summed E-state index contributed by atoms with van der Waals surface area (Å²) in [7, 11) is 3.84. The Morgan fingerprint density at radius 3 is 2.44 bits per heavy atom. The monoisotopic (exact) mass is 248 g/mol. The van der Waals surface area contributed by atoms with Crippen molar-refractivity contribution in [3.8, 4) is 0 Å². The molecule has 0 aliphatic rings. The topological polar surface area (TPSA) is 74.6 Å². The van der Waals surface area contributed by atoms with E-state index in [0.29, 0.717) is 0 Å². The van der Waals surface area contributed by atoms with Crippen LogP contribution in [0, 0.1) is 13.8 Å². The van der Waals surface area contributed by atoms with Gasteiger partial charge in [-0.3, -0.25) is 9.36 Å². The van der Waals surface area contributed by atoms with Crippen molar-refractivity contribution in [3.63, 3.8) is 0 Å². The van der Waals surface area contributed by atoms with Crippen LogP contribution in [0.25, 0.3) is 0 Å². The van der Waals surface area contributed by atoms with Crippen molar-refractivity contribution in [2.75, 3.05) is 0 Å². The highest BCUT2D eigenvalue weighted by atomic mass is 15.3. The van der Waals surface area contributed by atoms with Gasteiger partial charge in [0.1, 0.15) is 12.2 Å². The molecule has 6 nitrogen and oxygen atoms in total. The van der Waals surface area contributed by atoms with Crippen LogP contribution in [0.1, 0.15) is 22.8 Å². The zero-order valence-corrected chi connectivity index (χ0v) is 11.4. The lowest BCUT2D eigenvalue weighted by atomic mass is 10.0. The van der Waals surface area contributed by atoms with E-state index in [1.165, 1.54) is 11.3 Å². The van der Waals surface area contributed by atoms with E-state index in [9.17, 15) is 0 Å². The smallest absolute Gasteiger partial charge is 0.138 e. The second-order valence-corrected chi connectivity index (χ2v) is 4.74. The highest BCUT2D eigenvalue weighted by Crippen LogP contribution is 2.14. The predicted octanol–water partition coefficient (Wildman–Crippen LogP) is 0.278. The van der Waals surface area contributed by atoms with Crippen molar-refractivity contribution in [2.24, 2.45) is 19.8 Å². The van der Waals surface area contributed by atoms with E-state index in [2.05, 4.69) is 22.1 Å². The van der Waals surface area contributed by atoms with Gasteiger partial charge in [0.15, 0.2) is 0 Å². The first-order valence-corrected chi connectivity index (χ1v) is 6.06. The first-order chi connectivity index (χ1) is 8.49. The van der Waals surface area contributed by atoms with Crippen molar-refractivity contribution in [1.82, 2.24) is 24.5 Å². The lowest BCUT2D eigenvalue weighted by molar-refractivity contribution is 0.600. The Bertz CT molecular complexity index is 539. The minimum Gasteiger partial charge on any atom is -0.327 e. The second kappa shape index (κ2) is 4.89. The standard InChI is InChI=1S/C12H20N6/c1-8-11(9(2)17(3)16-8)5-10(13)6-12-14-7-15-18(12)4/h7,10H,5-6,13H2,1-4H3. The van der Waals surface area contributed by atoms with E-state index in [1.54, 1.807) is 11.0 Å². The molecule has 0 radical (unpaired) electrons. The molecule has 1 unspecified atom stereocenters. The van der Waals surface area contributed by atoms with Crippen molar-refractivity contribution in [1.29, 1.82) is 0 Å². The van der Waals surface area contributed by atoms with Gasteiger partial charge in [0.2, 0.25) is 0 Å². The molecule has 98 valence electrons. The molecule has 0 fully saturated rings. The first-order valence-electron chi connectivity index (χ1n) is 6.06. The maximum atomic E-state index is 6.19. The van der Waals surface area contributed by atoms with Gasteiger partial charge in [0.25, 0.3) is 0 Å². The quantitative estimate of drug-likeness (QED) is 0.843. The van der Waals surface area contributed by atoms with Gasteiger partial charge in [-0.25, -0.2) is 4.98 Å². The molecular weight excluding hydrogens is 228 g/mol. The minimum absolute atomic E-state index is 0.0366. The number of aryl methyl sites for hydroxylation is 3. The van der Waals surface area contributed by atoms with Crippen LogP contribution in [-0.2, 0) is 26.9 Å². The summed E-state index contributed by atoms with van der Waals surface area (Å²) >= 11 is 0. The van der Waals surface area contributed by atoms with Gasteiger partial charge in [-0.15, -0.1) is 0 Å². The van der Waals surface area contributed by atoms with Crippen LogP contribution >= 0.6 is 0 Å². The van der Waals surface area contributed by atoms with Crippen LogP contribution in [-0.4, -0.2) is 30.6 Å². The minimum atomic E-state index is 0.0366. The van der Waals surface area contributed by atoms with Crippen molar-refractivity contribution in [3.05, 3.63) is 29.1 Å². The Labute approximate surface area is 107 Å². The molecule has 18 heavy (non-hydrogen) atoms. The number of hydrogen-bond donors (Lipinski definition) is 1. The molecule has 0 amide bonds. The molecule has 0 aromatic carbocycles. The molecule has 2 rings (SSSR count). The molecule has 6 heteroatoms. The summed E-state index contributed by atoms with van der Waals surface area (Å²) in [5, 5.41) is 8.46. The Kier molecular flexibility index (Phi) is 3.47. The average molecular weight is 248 g/mol. The van der Waals surface area contributed by atoms with Crippen LogP contribution in [0.2, 0.25) is 0 Å². The van der Waals surface area contributed by atoms with E-state index in [0.717, 1.165) is 24.4 Å². The summed E-state index contributed by atoms with van der Waals surface area (Å²) in [4.78, 5) is 4.20. The van der Waals surface area contributed by atoms with E-state index in [1.807, 2.05) is 25.7 Å². The Morgan fingerprint density at radius 2 is 1.94 bits per heavy atom. The summed E-state index contributed by atoms with van der Waals surface area (Å²) in [6.07, 6.45) is 3.10. The molecule has 0 spiro atoms. The Morgan fingerprint density at radius 1 is 1.22 bits per heavy atom. The molecule has 2 heterocycles. The van der Waals surface area contributed by atoms with Gasteiger partial charge in [0, 0.05) is 32.3 Å². The second-order valence-electron chi connectivity index (χ2n) is 4.74. The van der Waals surface area contributed by atoms with Crippen LogP contribution < -0.4 is 5.73 Å². The molecule has 2 N–H and O–H groups in total. The van der Waals surface area contributed by atoms with Crippen LogP contribution in [0.4, 0.5) is 0 Å². The molecule has 2 aromatic rings. The summed E-state index contributed by atoms with van der Waals surface area (Å²) in [6, 6.07) is 0.0366. The number of aromatic nitrogens is 5. The summed E-state index contributed by atoms with van der Waals surface area (Å²) in [6.45, 7) is 4.10. The summed E-state index contributed by atoms with van der Waals surface area (Å²) < 4.78 is 3.67. The largest absolute Gasteiger partial charge is 0.327 e. The third-order valence-electron chi connectivity index (χ3n) is 3.38. The zero-order valence-electron chi connectivity index (χ0n) is 11.4. The lowest BCUT2D eigenvalue weighted by Crippen LogP contribution is -2.27. The molecule has 2 aromatic heterocycles. The molecule has 0 saturated carbocycles. The van der Waals surface area contributed by atoms with Crippen LogP contribution in [0.15, 0.2) is 6.33 Å². The molecule has 0 saturated heterocycles. The highest BCUT2D eigenvalue weighted by Gasteiger charge is 2.15. The number of hydrogen-bond acceptors (Lipinski definition) is 4. The Hall–Kier alpha value is -1.69. The summed E-state index contributed by atoms with van der Waals surface area (Å²) in [5.74, 6) is 0.918. The molecular formula is C12H20N6. The van der Waals surface area contributed by atoms with Crippen molar-refractivity contribution < 1.29 is 0 Å². The lowest BCUT2D eigenvalue weighted by Gasteiger charge is -2.11. The third-order valence-corrected chi connectivity index (χ3v) is 3.38. The van der Waals surface area contributed by atoms with Crippen LogP contribution in [0.3, 0.4) is 0 Å². The first kappa shape index (κ1) is 12.8. The zero-order chi connectivity index (χ0) is 13.3. The number of nitrogens with zero attached hydrogens (tertiary/aromatic N) is 5. The predicted molar refractivity (Wildman–Crippen MR) is 69.1 cm³/mol. The SMILES string of the molecule is Cc1nn(C)c(C)c1CC(N)Cc1ncnn1C. The molecule has 0 aliphatic heterocycles. The van der Waals surface area contributed by atoms with Crippen molar-refractivity contribution in [2.45, 2.75) is 32.7 Å². The highest BCUT2D eigenvalue weighted by molar-refractivity contribution is 5.25. The van der Waals surface area contributed by atoms with E-state index in [4.69, 9.17) is 5.73 Å². The van der Waals surface area contributed by atoms with Gasteiger partial charge in [-0.1, -0.05) is 0 Å². The maximum Gasteiger partial charge on any atom is 0.138 e. The normalized spacial score (nSPS) is 12.9. The maximum absolute atomic E-state index is 6.19. The molecule has 0 bridgehead atoms. The van der Waals surface area contributed by atoms with Gasteiger partial charge >= 0.3 is 0 Å². The van der Waals surface area contributed by atoms with Crippen molar-refractivity contribution >= 4 is 0 Å². The van der Waals surface area contributed by atoms with E-state index >= 15 is 0 Å². The van der Waals surface area contributed by atoms with E-state index < -0.39 is 0 Å². The van der Waals surface area contributed by atoms with Gasteiger partial charge < -0.3 is 5.73 Å². The molecule has 1 atom stereocenters. The Balaban J connectivity index is 2.07. The third kappa shape index (κ3) is 2.43. The summed E-state index contributed by atoms with van der Waals surface area (Å²) in [5.41, 5.74) is 9.68. The van der Waals surface area contributed by atoms with Gasteiger partial charge in [-0.2, -0.15) is 10.2 Å². The molecule has 0 aliphatic carbocycles. The fraction of sp³-hybridized carbons (Fsp3) is 0.583. The average Bonchev–Trinajstić information content (AvgIpc) is 2.79.